The van der Waals surface area contributed by atoms with E-state index in [1.54, 1.807) is 0 Å². The molecule has 5 heteroatoms. The van der Waals surface area contributed by atoms with Crippen LogP contribution in [0.25, 0.3) is 0 Å². The highest BCUT2D eigenvalue weighted by atomic mass is 79.9. The van der Waals surface area contributed by atoms with Gasteiger partial charge in [0.1, 0.15) is 4.88 Å². The Morgan fingerprint density at radius 3 is 2.79 bits per heavy atom. The van der Waals surface area contributed by atoms with Crippen LogP contribution in [0.15, 0.2) is 15.9 Å². The lowest BCUT2D eigenvalue weighted by atomic mass is 10.1. The normalized spacial score (nSPS) is 11.4. The summed E-state index contributed by atoms with van der Waals surface area (Å²) in [5.41, 5.74) is -0.373. The molecule has 0 fully saturated rings. The van der Waals surface area contributed by atoms with Gasteiger partial charge in [-0.2, -0.15) is 0 Å². The van der Waals surface area contributed by atoms with Crippen molar-refractivity contribution in [1.82, 2.24) is 5.32 Å². The second kappa shape index (κ2) is 4.64. The standard InChI is InChI=1S/C9H11BrClNOS/c1-9(2,5-11)12-8(13)7-6(10)3-4-14-7/h3-4H,5H2,1-2H3,(H,12,13). The van der Waals surface area contributed by atoms with Crippen molar-refractivity contribution < 1.29 is 4.79 Å². The Morgan fingerprint density at radius 2 is 2.36 bits per heavy atom. The zero-order valence-electron chi connectivity index (χ0n) is 7.93. The first-order valence-electron chi connectivity index (χ1n) is 4.08. The Morgan fingerprint density at radius 1 is 1.71 bits per heavy atom. The molecular weight excluding hydrogens is 286 g/mol. The van der Waals surface area contributed by atoms with Gasteiger partial charge < -0.3 is 5.32 Å². The summed E-state index contributed by atoms with van der Waals surface area (Å²) < 4.78 is 0.824. The van der Waals surface area contributed by atoms with Crippen molar-refractivity contribution in [2.24, 2.45) is 0 Å². The molecule has 0 saturated carbocycles. The van der Waals surface area contributed by atoms with E-state index in [0.29, 0.717) is 10.8 Å². The Kier molecular flexibility index (Phi) is 3.98. The van der Waals surface area contributed by atoms with E-state index in [9.17, 15) is 4.79 Å². The molecule has 0 aliphatic carbocycles. The molecule has 1 N–H and O–H groups in total. The number of alkyl halides is 1. The number of carbonyl (C=O) groups is 1. The zero-order valence-corrected chi connectivity index (χ0v) is 11.1. The topological polar surface area (TPSA) is 29.1 Å². The van der Waals surface area contributed by atoms with E-state index >= 15 is 0 Å². The molecule has 1 aromatic heterocycles. The Labute approximate surface area is 101 Å². The van der Waals surface area contributed by atoms with E-state index in [1.807, 2.05) is 25.3 Å². The van der Waals surface area contributed by atoms with Crippen LogP contribution in [-0.2, 0) is 0 Å². The van der Waals surface area contributed by atoms with Gasteiger partial charge in [0, 0.05) is 15.9 Å². The third kappa shape index (κ3) is 2.97. The Balaban J connectivity index is 2.73. The van der Waals surface area contributed by atoms with Crippen molar-refractivity contribution in [1.29, 1.82) is 0 Å². The van der Waals surface area contributed by atoms with Crippen molar-refractivity contribution >= 4 is 44.8 Å². The number of rotatable bonds is 3. The van der Waals surface area contributed by atoms with Gasteiger partial charge in [-0.25, -0.2) is 0 Å². The molecule has 0 atom stereocenters. The Bertz CT molecular complexity index is 337. The van der Waals surface area contributed by atoms with Crippen molar-refractivity contribution in [2.45, 2.75) is 19.4 Å². The van der Waals surface area contributed by atoms with Crippen molar-refractivity contribution in [3.63, 3.8) is 0 Å². The second-order valence-electron chi connectivity index (χ2n) is 3.57. The minimum absolute atomic E-state index is 0.0856. The van der Waals surface area contributed by atoms with Crippen LogP contribution in [0.1, 0.15) is 23.5 Å². The molecule has 0 aliphatic heterocycles. The lowest BCUT2D eigenvalue weighted by molar-refractivity contribution is 0.0924. The predicted molar refractivity (Wildman–Crippen MR) is 64.3 cm³/mol. The summed E-state index contributed by atoms with van der Waals surface area (Å²) in [5, 5.41) is 4.73. The molecule has 1 amide bonds. The molecule has 78 valence electrons. The maximum Gasteiger partial charge on any atom is 0.262 e. The summed E-state index contributed by atoms with van der Waals surface area (Å²) >= 11 is 10.4. The number of nitrogens with one attached hydrogen (secondary N) is 1. The van der Waals surface area contributed by atoms with Gasteiger partial charge >= 0.3 is 0 Å². The third-order valence-electron chi connectivity index (χ3n) is 1.61. The largest absolute Gasteiger partial charge is 0.345 e. The summed E-state index contributed by atoms with van der Waals surface area (Å²) in [5.74, 6) is 0.305. The van der Waals surface area contributed by atoms with Crippen molar-refractivity contribution in [2.75, 3.05) is 5.88 Å². The van der Waals surface area contributed by atoms with Gasteiger partial charge in [-0.3, -0.25) is 4.79 Å². The van der Waals surface area contributed by atoms with Gasteiger partial charge in [-0.05, 0) is 41.2 Å². The van der Waals surface area contributed by atoms with Crippen molar-refractivity contribution in [3.05, 3.63) is 20.8 Å². The number of carbonyl (C=O) groups excluding carboxylic acids is 1. The minimum Gasteiger partial charge on any atom is -0.345 e. The van der Waals surface area contributed by atoms with E-state index < -0.39 is 0 Å². The number of halogens is 2. The summed E-state index contributed by atoms with van der Waals surface area (Å²) in [6.07, 6.45) is 0. The highest BCUT2D eigenvalue weighted by Crippen LogP contribution is 2.23. The fraction of sp³-hybridized carbons (Fsp3) is 0.444. The maximum atomic E-state index is 11.7. The molecule has 0 aromatic carbocycles. The first-order chi connectivity index (χ1) is 6.46. The average Bonchev–Trinajstić information content (AvgIpc) is 2.51. The molecule has 14 heavy (non-hydrogen) atoms. The fourth-order valence-electron chi connectivity index (χ4n) is 0.853. The number of hydrogen-bond acceptors (Lipinski definition) is 2. The highest BCUT2D eigenvalue weighted by molar-refractivity contribution is 9.10. The first kappa shape index (κ1) is 12.0. The molecule has 1 rings (SSSR count). The van der Waals surface area contributed by atoms with Crippen LogP contribution in [-0.4, -0.2) is 17.3 Å². The van der Waals surface area contributed by atoms with Crippen LogP contribution in [0, 0.1) is 0 Å². The Hall–Kier alpha value is -0.0600. The average molecular weight is 297 g/mol. The minimum atomic E-state index is -0.373. The molecule has 0 radical (unpaired) electrons. The zero-order chi connectivity index (χ0) is 10.8. The van der Waals surface area contributed by atoms with Gasteiger partial charge in [0.05, 0.1) is 0 Å². The number of thiophene rings is 1. The maximum absolute atomic E-state index is 11.7. The SMILES string of the molecule is CC(C)(CCl)NC(=O)c1sccc1Br. The third-order valence-corrected chi connectivity index (χ3v) is 4.11. The van der Waals surface area contributed by atoms with Crippen LogP contribution in [0.2, 0.25) is 0 Å². The van der Waals surface area contributed by atoms with E-state index in [2.05, 4.69) is 21.2 Å². The smallest absolute Gasteiger partial charge is 0.262 e. The highest BCUT2D eigenvalue weighted by Gasteiger charge is 2.21. The monoisotopic (exact) mass is 295 g/mol. The molecule has 2 nitrogen and oxygen atoms in total. The molecular formula is C9H11BrClNOS. The summed E-state index contributed by atoms with van der Waals surface area (Å²) in [6, 6.07) is 1.85. The van der Waals surface area contributed by atoms with Gasteiger partial charge in [0.25, 0.3) is 5.91 Å². The van der Waals surface area contributed by atoms with Crippen LogP contribution < -0.4 is 5.32 Å². The first-order valence-corrected chi connectivity index (χ1v) is 6.28. The summed E-state index contributed by atoms with van der Waals surface area (Å²) in [4.78, 5) is 12.4. The van der Waals surface area contributed by atoms with Gasteiger partial charge in [-0.1, -0.05) is 0 Å². The fourth-order valence-corrected chi connectivity index (χ4v) is 2.37. The quantitative estimate of drug-likeness (QED) is 0.852. The van der Waals surface area contributed by atoms with E-state index in [4.69, 9.17) is 11.6 Å². The number of hydrogen-bond donors (Lipinski definition) is 1. The molecule has 1 aromatic rings. The molecule has 1 heterocycles. The lowest BCUT2D eigenvalue weighted by Gasteiger charge is -2.22. The van der Waals surface area contributed by atoms with Crippen LogP contribution in [0.5, 0.6) is 0 Å². The van der Waals surface area contributed by atoms with Gasteiger partial charge in [0.15, 0.2) is 0 Å². The van der Waals surface area contributed by atoms with Crippen LogP contribution in [0.3, 0.4) is 0 Å². The van der Waals surface area contributed by atoms with E-state index in [-0.39, 0.29) is 11.4 Å². The molecule has 0 saturated heterocycles. The molecule has 0 unspecified atom stereocenters. The van der Waals surface area contributed by atoms with Crippen molar-refractivity contribution in [3.8, 4) is 0 Å². The molecule has 0 bridgehead atoms. The van der Waals surface area contributed by atoms with E-state index in [0.717, 1.165) is 4.47 Å². The van der Waals surface area contributed by atoms with Crippen LogP contribution >= 0.6 is 38.9 Å². The van der Waals surface area contributed by atoms with Gasteiger partial charge in [-0.15, -0.1) is 22.9 Å². The van der Waals surface area contributed by atoms with Crippen LogP contribution in [0.4, 0.5) is 0 Å². The number of amides is 1. The summed E-state index contributed by atoms with van der Waals surface area (Å²) in [7, 11) is 0. The van der Waals surface area contributed by atoms with E-state index in [1.165, 1.54) is 11.3 Å². The van der Waals surface area contributed by atoms with Gasteiger partial charge in [0.2, 0.25) is 0 Å². The lowest BCUT2D eigenvalue weighted by Crippen LogP contribution is -2.44. The molecule has 0 aliphatic rings. The second-order valence-corrected chi connectivity index (χ2v) is 5.61. The predicted octanol–water partition coefficient (Wildman–Crippen LogP) is 3.26. The molecule has 0 spiro atoms. The summed E-state index contributed by atoms with van der Waals surface area (Å²) in [6.45, 7) is 3.78.